The number of carbonyl (C=O) groups is 1. The Kier molecular flexibility index (Phi) is 3.81. The van der Waals surface area contributed by atoms with Gasteiger partial charge in [0.1, 0.15) is 0 Å². The van der Waals surface area contributed by atoms with Gasteiger partial charge in [-0.15, -0.1) is 0 Å². The summed E-state index contributed by atoms with van der Waals surface area (Å²) >= 11 is 3.38. The lowest BCUT2D eigenvalue weighted by Gasteiger charge is -2.03. The number of rotatable bonds is 3. The summed E-state index contributed by atoms with van der Waals surface area (Å²) in [5.74, 6) is -0.172. The normalized spacial score (nSPS) is 10.4. The Balaban J connectivity index is 2.06. The predicted octanol–water partition coefficient (Wildman–Crippen LogP) is 2.42. The number of nitrogens with one attached hydrogen (secondary N) is 1. The zero-order valence-electron chi connectivity index (χ0n) is 10.3. The predicted molar refractivity (Wildman–Crippen MR) is 73.3 cm³/mol. The van der Waals surface area contributed by atoms with Crippen LogP contribution in [0.5, 0.6) is 0 Å². The van der Waals surface area contributed by atoms with Crippen molar-refractivity contribution in [3.05, 3.63) is 51.8 Å². The third-order valence-electron chi connectivity index (χ3n) is 2.77. The third-order valence-corrected chi connectivity index (χ3v) is 3.72. The average Bonchev–Trinajstić information content (AvgIpc) is 2.65. The first kappa shape index (κ1) is 12.8. The van der Waals surface area contributed by atoms with Crippen LogP contribution in [0.3, 0.4) is 0 Å². The fraction of sp³-hybridized carbons (Fsp3) is 0.231. The largest absolute Gasteiger partial charge is 0.347 e. The summed E-state index contributed by atoms with van der Waals surface area (Å²) in [6, 6.07) is 9.78. The van der Waals surface area contributed by atoms with Gasteiger partial charge in [0, 0.05) is 13.6 Å². The van der Waals surface area contributed by atoms with Crippen LogP contribution in [-0.2, 0) is 13.6 Å². The number of amides is 1. The van der Waals surface area contributed by atoms with Gasteiger partial charge >= 0.3 is 0 Å². The van der Waals surface area contributed by atoms with Crippen molar-refractivity contribution in [1.82, 2.24) is 15.1 Å². The number of hydrogen-bond donors (Lipinski definition) is 1. The SMILES string of the molecule is Cc1c(Br)c(C(=O)NCc2ccccc2)nn1C. The molecule has 18 heavy (non-hydrogen) atoms. The minimum absolute atomic E-state index is 0.172. The van der Waals surface area contributed by atoms with E-state index in [-0.39, 0.29) is 5.91 Å². The number of aryl methyl sites for hydroxylation is 1. The Hall–Kier alpha value is -1.62. The fourth-order valence-corrected chi connectivity index (χ4v) is 2.11. The molecule has 0 atom stereocenters. The summed E-state index contributed by atoms with van der Waals surface area (Å²) in [7, 11) is 1.81. The van der Waals surface area contributed by atoms with E-state index in [2.05, 4.69) is 26.3 Å². The van der Waals surface area contributed by atoms with E-state index in [1.54, 1.807) is 4.68 Å². The second-order valence-electron chi connectivity index (χ2n) is 4.04. The first-order valence-corrected chi connectivity index (χ1v) is 6.40. The number of nitrogens with zero attached hydrogens (tertiary/aromatic N) is 2. The van der Waals surface area contributed by atoms with Crippen LogP contribution in [0.4, 0.5) is 0 Å². The molecule has 2 aromatic rings. The highest BCUT2D eigenvalue weighted by molar-refractivity contribution is 9.10. The van der Waals surface area contributed by atoms with E-state index in [0.29, 0.717) is 12.2 Å². The van der Waals surface area contributed by atoms with Gasteiger partial charge in [0.25, 0.3) is 5.91 Å². The second-order valence-corrected chi connectivity index (χ2v) is 4.83. The molecule has 1 amide bonds. The maximum absolute atomic E-state index is 12.0. The number of aromatic nitrogens is 2. The molecule has 0 fully saturated rings. The van der Waals surface area contributed by atoms with Gasteiger partial charge in [-0.05, 0) is 28.4 Å². The first-order chi connectivity index (χ1) is 8.59. The maximum atomic E-state index is 12.0. The number of halogens is 1. The van der Waals surface area contributed by atoms with Crippen LogP contribution in [0.15, 0.2) is 34.8 Å². The van der Waals surface area contributed by atoms with Crippen molar-refractivity contribution < 1.29 is 4.79 Å². The topological polar surface area (TPSA) is 46.9 Å². The summed E-state index contributed by atoms with van der Waals surface area (Å²) < 4.78 is 2.43. The van der Waals surface area contributed by atoms with Gasteiger partial charge < -0.3 is 5.32 Å². The molecule has 0 spiro atoms. The quantitative estimate of drug-likeness (QED) is 0.946. The third kappa shape index (κ3) is 2.61. The van der Waals surface area contributed by atoms with Crippen LogP contribution in [0.2, 0.25) is 0 Å². The average molecular weight is 308 g/mol. The van der Waals surface area contributed by atoms with Crippen molar-refractivity contribution in [3.63, 3.8) is 0 Å². The van der Waals surface area contributed by atoms with Gasteiger partial charge in [-0.1, -0.05) is 30.3 Å². The molecule has 0 unspecified atom stereocenters. The van der Waals surface area contributed by atoms with Crippen molar-refractivity contribution in [2.24, 2.45) is 7.05 Å². The highest BCUT2D eigenvalue weighted by atomic mass is 79.9. The van der Waals surface area contributed by atoms with E-state index in [1.165, 1.54) is 0 Å². The minimum Gasteiger partial charge on any atom is -0.347 e. The summed E-state index contributed by atoms with van der Waals surface area (Å²) in [5, 5.41) is 7.03. The van der Waals surface area contributed by atoms with Crippen LogP contribution in [0.25, 0.3) is 0 Å². The van der Waals surface area contributed by atoms with Crippen LogP contribution < -0.4 is 5.32 Å². The van der Waals surface area contributed by atoms with Crippen molar-refractivity contribution in [2.45, 2.75) is 13.5 Å². The highest BCUT2D eigenvalue weighted by Gasteiger charge is 2.17. The zero-order chi connectivity index (χ0) is 13.1. The molecule has 0 saturated carbocycles. The molecule has 1 N–H and O–H groups in total. The molecule has 0 bridgehead atoms. The van der Waals surface area contributed by atoms with Crippen molar-refractivity contribution >= 4 is 21.8 Å². The Labute approximate surface area is 114 Å². The Morgan fingerprint density at radius 1 is 1.39 bits per heavy atom. The van der Waals surface area contributed by atoms with E-state index in [9.17, 15) is 4.79 Å². The van der Waals surface area contributed by atoms with Crippen LogP contribution in [-0.4, -0.2) is 15.7 Å². The lowest BCUT2D eigenvalue weighted by molar-refractivity contribution is 0.0944. The summed E-state index contributed by atoms with van der Waals surface area (Å²) in [6.45, 7) is 2.41. The smallest absolute Gasteiger partial charge is 0.273 e. The molecule has 1 aromatic carbocycles. The molecular formula is C13H14BrN3O. The van der Waals surface area contributed by atoms with Crippen molar-refractivity contribution in [1.29, 1.82) is 0 Å². The van der Waals surface area contributed by atoms with Gasteiger partial charge in [-0.2, -0.15) is 5.10 Å². The number of benzene rings is 1. The molecule has 0 saturated heterocycles. The maximum Gasteiger partial charge on any atom is 0.273 e. The molecule has 94 valence electrons. The minimum atomic E-state index is -0.172. The highest BCUT2D eigenvalue weighted by Crippen LogP contribution is 2.19. The molecule has 2 rings (SSSR count). The number of hydrogen-bond acceptors (Lipinski definition) is 2. The Morgan fingerprint density at radius 2 is 2.06 bits per heavy atom. The van der Waals surface area contributed by atoms with E-state index in [0.717, 1.165) is 15.7 Å². The van der Waals surface area contributed by atoms with E-state index < -0.39 is 0 Å². The molecule has 4 nitrogen and oxygen atoms in total. The van der Waals surface area contributed by atoms with Crippen LogP contribution in [0.1, 0.15) is 21.7 Å². The molecule has 0 aliphatic carbocycles. The van der Waals surface area contributed by atoms with Crippen molar-refractivity contribution in [2.75, 3.05) is 0 Å². The standard InChI is InChI=1S/C13H14BrN3O/c1-9-11(14)12(16-17(9)2)13(18)15-8-10-6-4-3-5-7-10/h3-7H,8H2,1-2H3,(H,15,18). The molecular weight excluding hydrogens is 294 g/mol. The van der Waals surface area contributed by atoms with Crippen molar-refractivity contribution in [3.8, 4) is 0 Å². The van der Waals surface area contributed by atoms with E-state index in [4.69, 9.17) is 0 Å². The van der Waals surface area contributed by atoms with Gasteiger partial charge in [-0.25, -0.2) is 0 Å². The second kappa shape index (κ2) is 5.35. The van der Waals surface area contributed by atoms with Gasteiger partial charge in [0.2, 0.25) is 0 Å². The first-order valence-electron chi connectivity index (χ1n) is 5.61. The summed E-state index contributed by atoms with van der Waals surface area (Å²) in [4.78, 5) is 12.0. The summed E-state index contributed by atoms with van der Waals surface area (Å²) in [6.07, 6.45) is 0. The lowest BCUT2D eigenvalue weighted by atomic mass is 10.2. The fourth-order valence-electron chi connectivity index (χ4n) is 1.59. The molecule has 1 heterocycles. The van der Waals surface area contributed by atoms with Gasteiger partial charge in [0.05, 0.1) is 10.2 Å². The molecule has 0 radical (unpaired) electrons. The molecule has 0 aliphatic heterocycles. The van der Waals surface area contributed by atoms with Gasteiger partial charge in [0.15, 0.2) is 5.69 Å². The van der Waals surface area contributed by atoms with E-state index in [1.807, 2.05) is 44.3 Å². The summed E-state index contributed by atoms with van der Waals surface area (Å²) in [5.41, 5.74) is 2.42. The Morgan fingerprint density at radius 3 is 2.61 bits per heavy atom. The molecule has 0 aliphatic rings. The number of carbonyl (C=O) groups excluding carboxylic acids is 1. The van der Waals surface area contributed by atoms with Crippen LogP contribution >= 0.6 is 15.9 Å². The molecule has 5 heteroatoms. The molecule has 1 aromatic heterocycles. The monoisotopic (exact) mass is 307 g/mol. The van der Waals surface area contributed by atoms with Gasteiger partial charge in [-0.3, -0.25) is 9.48 Å². The van der Waals surface area contributed by atoms with Crippen LogP contribution in [0, 0.1) is 6.92 Å². The zero-order valence-corrected chi connectivity index (χ0v) is 11.9. The Bertz CT molecular complexity index is 563. The lowest BCUT2D eigenvalue weighted by Crippen LogP contribution is -2.23. The van der Waals surface area contributed by atoms with E-state index >= 15 is 0 Å².